The number of sulfonamides is 4. The largest absolute Gasteiger partial charge is 0.504 e. The van der Waals surface area contributed by atoms with E-state index >= 15 is 0 Å². The van der Waals surface area contributed by atoms with E-state index in [1.807, 2.05) is 60.7 Å². The molecule has 0 saturated carbocycles. The second-order valence-corrected chi connectivity index (χ2v) is 38.5. The van der Waals surface area contributed by atoms with Crippen molar-refractivity contribution in [3.8, 4) is 28.7 Å². The molecule has 7 aromatic rings. The Balaban J connectivity index is 0.000000300. The molecule has 7 rings (SSSR count). The van der Waals surface area contributed by atoms with Gasteiger partial charge in [0.2, 0.25) is 0 Å². The van der Waals surface area contributed by atoms with Crippen LogP contribution in [0.5, 0.6) is 28.7 Å². The van der Waals surface area contributed by atoms with E-state index in [1.54, 1.807) is 105 Å². The van der Waals surface area contributed by atoms with Gasteiger partial charge in [0.05, 0.1) is 54.5 Å². The van der Waals surface area contributed by atoms with Crippen molar-refractivity contribution in [3.05, 3.63) is 108 Å². The summed E-state index contributed by atoms with van der Waals surface area (Å²) in [6.07, 6.45) is 0. The highest BCUT2D eigenvalue weighted by atomic mass is 79.9. The fourth-order valence-corrected chi connectivity index (χ4v) is 21.7. The minimum absolute atomic E-state index is 0.0264. The van der Waals surface area contributed by atoms with E-state index in [0.29, 0.717) is 26.1 Å². The van der Waals surface area contributed by atoms with Crippen molar-refractivity contribution in [3.63, 3.8) is 0 Å². The number of aromatic hydroxyl groups is 1. The van der Waals surface area contributed by atoms with Crippen LogP contribution in [0.25, 0.3) is 0 Å². The SMILES string of the molecule is CC(C)(C)NS(=O)(=O)c1scc(N)c1O.COc1c(Br)csc1S(=O)(=O)Cl.COc1c(Br)csc1S(=O)(=O)NC(C)(C)C.COc1c(N)csc1S(=O)(=O)NC(C)(C)C.COc1c(N=C(c2ccccc2)c2ccccc2)csc1S(=O)(=O)NC(C)(C)C. The van der Waals surface area contributed by atoms with E-state index in [-0.39, 0.29) is 49.7 Å². The zero-order valence-electron chi connectivity index (χ0n) is 50.6. The number of aliphatic imine (C=N–C) groups is 1. The van der Waals surface area contributed by atoms with Crippen LogP contribution >= 0.6 is 99.2 Å². The van der Waals surface area contributed by atoms with Gasteiger partial charge in [-0.2, -0.15) is 0 Å². The first-order chi connectivity index (χ1) is 40.2. The van der Waals surface area contributed by atoms with Crippen LogP contribution in [0.3, 0.4) is 0 Å². The molecule has 0 unspecified atom stereocenters. The number of thiophene rings is 5. The number of nitrogens with zero attached hydrogens (tertiary/aromatic N) is 1. The van der Waals surface area contributed by atoms with E-state index in [0.717, 1.165) is 73.5 Å². The fraction of sp³-hybridized carbons (Fsp3) is 0.377. The lowest BCUT2D eigenvalue weighted by Crippen LogP contribution is -2.40. The molecule has 0 atom stereocenters. The van der Waals surface area contributed by atoms with Gasteiger partial charge in [0.1, 0.15) is 5.69 Å². The summed E-state index contributed by atoms with van der Waals surface area (Å²) in [5.74, 6) is 0.686. The Hall–Kier alpha value is -3.95. The van der Waals surface area contributed by atoms with Crippen molar-refractivity contribution in [2.24, 2.45) is 4.99 Å². The number of benzene rings is 2. The van der Waals surface area contributed by atoms with E-state index in [9.17, 15) is 47.2 Å². The third-order valence-corrected chi connectivity index (χ3v) is 27.6. The van der Waals surface area contributed by atoms with Crippen LogP contribution in [0.2, 0.25) is 0 Å². The highest BCUT2D eigenvalue weighted by Crippen LogP contribution is 2.43. The first-order valence-electron chi connectivity index (χ1n) is 25.2. The average molecular weight is 1560 g/mol. The summed E-state index contributed by atoms with van der Waals surface area (Å²) in [6.45, 7) is 21.2. The number of methoxy groups -OCH3 is 4. The van der Waals surface area contributed by atoms with E-state index in [1.165, 1.54) is 33.8 Å². The summed E-state index contributed by atoms with van der Waals surface area (Å²) in [6, 6.07) is 19.6. The number of rotatable bonds is 16. The van der Waals surface area contributed by atoms with Crippen LogP contribution in [0, 0.1) is 0 Å². The summed E-state index contributed by atoms with van der Waals surface area (Å²) in [5.41, 5.74) is 12.2. The Labute approximate surface area is 558 Å². The maximum Gasteiger partial charge on any atom is 0.274 e. The molecule has 2 aromatic carbocycles. The van der Waals surface area contributed by atoms with Gasteiger partial charge < -0.3 is 35.5 Å². The van der Waals surface area contributed by atoms with E-state index in [2.05, 4.69) is 50.7 Å². The minimum atomic E-state index is -3.73. The Bertz CT molecular complexity index is 3940. The second kappa shape index (κ2) is 31.6. The zero-order chi connectivity index (χ0) is 67.4. The normalized spacial score (nSPS) is 12.4. The third-order valence-electron chi connectivity index (χ3n) is 9.64. The summed E-state index contributed by atoms with van der Waals surface area (Å²) < 4.78 is 151. The van der Waals surface area contributed by atoms with Crippen molar-refractivity contribution >= 4 is 171 Å². The van der Waals surface area contributed by atoms with Gasteiger partial charge in [-0.3, -0.25) is 0 Å². The Morgan fingerprint density at radius 1 is 0.455 bits per heavy atom. The summed E-state index contributed by atoms with van der Waals surface area (Å²) in [5, 5.41) is 17.4. The van der Waals surface area contributed by atoms with Crippen LogP contribution in [0.1, 0.15) is 94.2 Å². The maximum absolute atomic E-state index is 12.8. The molecule has 22 nitrogen and oxygen atoms in total. The Morgan fingerprint density at radius 3 is 1.08 bits per heavy atom. The van der Waals surface area contributed by atoms with Crippen molar-refractivity contribution in [2.45, 2.75) is 126 Å². The molecule has 35 heteroatoms. The molecule has 0 saturated heterocycles. The Morgan fingerprint density at radius 2 is 0.750 bits per heavy atom. The molecule has 5 heterocycles. The molecule has 0 bridgehead atoms. The molecular formula is C53H72Br2ClN7O15S10. The molecule has 0 fully saturated rings. The third kappa shape index (κ3) is 23.6. The number of halogens is 3. The summed E-state index contributed by atoms with van der Waals surface area (Å²) >= 11 is 11.6. The van der Waals surface area contributed by atoms with Crippen molar-refractivity contribution < 1.29 is 66.1 Å². The molecule has 0 aliphatic heterocycles. The summed E-state index contributed by atoms with van der Waals surface area (Å²) in [4.78, 5) is 4.81. The lowest BCUT2D eigenvalue weighted by atomic mass is 10.0. The summed E-state index contributed by atoms with van der Waals surface area (Å²) in [7, 11) is -7.38. The molecular weight excluding hydrogens is 1490 g/mol. The van der Waals surface area contributed by atoms with Crippen molar-refractivity contribution in [2.75, 3.05) is 39.9 Å². The van der Waals surface area contributed by atoms with Crippen LogP contribution in [0.15, 0.2) is 123 Å². The monoisotopic (exact) mass is 1560 g/mol. The fourth-order valence-electron chi connectivity index (χ4n) is 6.78. The molecule has 5 aromatic heterocycles. The number of hydrogen-bond acceptors (Lipinski definition) is 23. The predicted molar refractivity (Wildman–Crippen MR) is 365 cm³/mol. The highest BCUT2D eigenvalue weighted by Gasteiger charge is 2.32. The van der Waals surface area contributed by atoms with Gasteiger partial charge in [0.15, 0.2) is 49.8 Å². The zero-order valence-corrected chi connectivity index (χ0v) is 62.7. The maximum atomic E-state index is 12.8. The van der Waals surface area contributed by atoms with Gasteiger partial charge in [0.25, 0.3) is 49.1 Å². The Kier molecular flexibility index (Phi) is 28.1. The van der Waals surface area contributed by atoms with Gasteiger partial charge in [-0.05, 0) is 115 Å². The predicted octanol–water partition coefficient (Wildman–Crippen LogP) is 12.6. The number of nitrogen functional groups attached to an aromatic ring is 2. The topological polar surface area (TPSA) is 340 Å². The molecule has 490 valence electrons. The van der Waals surface area contributed by atoms with Gasteiger partial charge in [-0.1, -0.05) is 60.7 Å². The smallest absolute Gasteiger partial charge is 0.274 e. The average Bonchev–Trinajstić information content (AvgIpc) is 2.51. The molecule has 0 radical (unpaired) electrons. The van der Waals surface area contributed by atoms with Crippen LogP contribution < -0.4 is 49.3 Å². The van der Waals surface area contributed by atoms with Crippen molar-refractivity contribution in [1.29, 1.82) is 0 Å². The minimum Gasteiger partial charge on any atom is -0.504 e. The lowest BCUT2D eigenvalue weighted by Gasteiger charge is -2.20. The van der Waals surface area contributed by atoms with Gasteiger partial charge in [0, 0.05) is 70.9 Å². The molecule has 0 aliphatic rings. The van der Waals surface area contributed by atoms with Crippen LogP contribution in [-0.2, 0) is 49.1 Å². The lowest BCUT2D eigenvalue weighted by molar-refractivity contribution is 0.402. The van der Waals surface area contributed by atoms with E-state index in [4.69, 9.17) is 46.1 Å². The van der Waals surface area contributed by atoms with Gasteiger partial charge >= 0.3 is 0 Å². The van der Waals surface area contributed by atoms with Gasteiger partial charge in [-0.15, -0.1) is 56.7 Å². The number of anilines is 2. The van der Waals surface area contributed by atoms with Crippen LogP contribution in [-0.4, -0.2) is 104 Å². The van der Waals surface area contributed by atoms with Gasteiger partial charge in [-0.25, -0.2) is 66.0 Å². The first-order valence-corrected chi connectivity index (χ1v) is 39.4. The molecule has 0 amide bonds. The van der Waals surface area contributed by atoms with Crippen LogP contribution in [0.4, 0.5) is 17.1 Å². The number of hydrogen-bond donors (Lipinski definition) is 7. The molecule has 9 N–H and O–H groups in total. The number of nitrogens with two attached hydrogens (primary N) is 2. The number of nitrogens with one attached hydrogen (secondary N) is 4. The van der Waals surface area contributed by atoms with E-state index < -0.39 is 71.3 Å². The number of ether oxygens (including phenoxy) is 4. The standard InChI is InChI=1S/C22H24N2O3S2.C9H14BrNO3S2.C9H16N2O3S2.C8H14N2O3S2.C5H4BrClO3S2/c1-22(2,3)24-29(25,26)21-20(27-4)18(15-28-21)23-19(16-11-7-5-8-12-16)17-13-9-6-10-14-17;2*1-9(2,3)11-16(12,13)8-7(14-4)6(10)5-15-8;1-8(2,3)10-15(12,13)7-6(11)5(9)4-14-7;1-10-4-3(6)2-11-5(4)12(7,8)9/h5-15,24H,1-4H3;5,11H,1-4H3;5,11H,10H2,1-4H3;4,10-11H,9H2,1-3H3;2H,1H3. The van der Waals surface area contributed by atoms with Crippen molar-refractivity contribution in [1.82, 2.24) is 18.9 Å². The molecule has 88 heavy (non-hydrogen) atoms. The molecule has 0 spiro atoms. The first kappa shape index (κ1) is 78.3. The quantitative estimate of drug-likeness (QED) is 0.0349. The highest BCUT2D eigenvalue weighted by molar-refractivity contribution is 9.11. The second-order valence-electron chi connectivity index (χ2n) is 22.1. The molecule has 0 aliphatic carbocycles.